The molecule has 0 fully saturated rings. The van der Waals surface area contributed by atoms with Gasteiger partial charge in [0.15, 0.2) is 0 Å². The van der Waals surface area contributed by atoms with Gasteiger partial charge < -0.3 is 16.2 Å². The number of amides is 1. The van der Waals surface area contributed by atoms with E-state index in [4.69, 9.17) is 5.73 Å². The third kappa shape index (κ3) is 4.54. The topological polar surface area (TPSA) is 75.3 Å². The van der Waals surface area contributed by atoms with Crippen LogP contribution in [0.2, 0.25) is 0 Å². The fraction of sp³-hybridized carbons (Fsp3) is 0.462. The summed E-state index contributed by atoms with van der Waals surface area (Å²) in [4.78, 5) is 10.9. The van der Waals surface area contributed by atoms with E-state index < -0.39 is 11.5 Å². The molecule has 4 heteroatoms. The molecular weight excluding hydrogens is 216 g/mol. The van der Waals surface area contributed by atoms with Crippen molar-refractivity contribution in [2.45, 2.75) is 32.4 Å². The summed E-state index contributed by atoms with van der Waals surface area (Å²) >= 11 is 0. The van der Waals surface area contributed by atoms with Crippen LogP contribution in [-0.4, -0.2) is 23.2 Å². The number of carbonyl (C=O) groups excluding carboxylic acids is 1. The summed E-state index contributed by atoms with van der Waals surface area (Å²) in [5, 5.41) is 13.0. The Hall–Kier alpha value is -1.39. The number of benzene rings is 1. The van der Waals surface area contributed by atoms with Gasteiger partial charge in [-0.2, -0.15) is 0 Å². The lowest BCUT2D eigenvalue weighted by Gasteiger charge is -2.21. The van der Waals surface area contributed by atoms with Crippen LogP contribution in [0.25, 0.3) is 0 Å². The fourth-order valence-electron chi connectivity index (χ4n) is 1.39. The molecule has 0 aliphatic rings. The van der Waals surface area contributed by atoms with Crippen LogP contribution in [-0.2, 0) is 6.54 Å². The molecule has 0 heterocycles. The molecule has 0 saturated heterocycles. The second-order valence-corrected chi connectivity index (χ2v) is 4.52. The zero-order chi connectivity index (χ0) is 12.9. The first-order valence-electron chi connectivity index (χ1n) is 5.76. The number of rotatable bonds is 6. The summed E-state index contributed by atoms with van der Waals surface area (Å²) in [5.74, 6) is -0.418. The van der Waals surface area contributed by atoms with Gasteiger partial charge >= 0.3 is 0 Å². The predicted molar refractivity (Wildman–Crippen MR) is 67.6 cm³/mol. The molecule has 4 nitrogen and oxygen atoms in total. The van der Waals surface area contributed by atoms with Crippen LogP contribution in [0.15, 0.2) is 24.3 Å². The minimum absolute atomic E-state index is 0.418. The molecule has 17 heavy (non-hydrogen) atoms. The van der Waals surface area contributed by atoms with Crippen molar-refractivity contribution >= 4 is 5.91 Å². The third-order valence-corrected chi connectivity index (χ3v) is 2.84. The van der Waals surface area contributed by atoms with Crippen molar-refractivity contribution in [2.24, 2.45) is 5.73 Å². The number of primary amides is 1. The minimum atomic E-state index is -0.673. The van der Waals surface area contributed by atoms with Gasteiger partial charge in [0.05, 0.1) is 5.60 Å². The lowest BCUT2D eigenvalue weighted by Crippen LogP contribution is -2.36. The van der Waals surface area contributed by atoms with Crippen molar-refractivity contribution in [3.8, 4) is 0 Å². The maximum Gasteiger partial charge on any atom is 0.248 e. The molecule has 1 aromatic carbocycles. The van der Waals surface area contributed by atoms with E-state index in [0.717, 1.165) is 5.56 Å². The van der Waals surface area contributed by atoms with Crippen LogP contribution < -0.4 is 11.1 Å². The highest BCUT2D eigenvalue weighted by Crippen LogP contribution is 2.07. The average Bonchev–Trinajstić information content (AvgIpc) is 2.29. The van der Waals surface area contributed by atoms with Crippen LogP contribution in [0.1, 0.15) is 36.2 Å². The van der Waals surface area contributed by atoms with E-state index >= 15 is 0 Å². The summed E-state index contributed by atoms with van der Waals surface area (Å²) in [6, 6.07) is 7.12. The molecule has 0 saturated carbocycles. The highest BCUT2D eigenvalue weighted by Gasteiger charge is 2.16. The Morgan fingerprint density at radius 2 is 2.00 bits per heavy atom. The normalized spacial score (nSPS) is 14.3. The quantitative estimate of drug-likeness (QED) is 0.690. The van der Waals surface area contributed by atoms with Crippen molar-refractivity contribution < 1.29 is 9.90 Å². The second kappa shape index (κ2) is 5.80. The Kier molecular flexibility index (Phi) is 4.66. The van der Waals surface area contributed by atoms with Gasteiger partial charge in [-0.3, -0.25) is 4.79 Å². The van der Waals surface area contributed by atoms with Crippen LogP contribution >= 0.6 is 0 Å². The molecule has 0 aromatic heterocycles. The molecule has 0 radical (unpaired) electrons. The van der Waals surface area contributed by atoms with E-state index in [1.165, 1.54) is 0 Å². The average molecular weight is 236 g/mol. The first-order valence-corrected chi connectivity index (χ1v) is 5.76. The number of aliphatic hydroxyl groups is 1. The third-order valence-electron chi connectivity index (χ3n) is 2.84. The van der Waals surface area contributed by atoms with Gasteiger partial charge in [-0.15, -0.1) is 0 Å². The van der Waals surface area contributed by atoms with Crippen molar-refractivity contribution in [2.75, 3.05) is 6.54 Å². The second-order valence-electron chi connectivity index (χ2n) is 4.52. The number of carbonyl (C=O) groups is 1. The van der Waals surface area contributed by atoms with Gasteiger partial charge in [0, 0.05) is 18.7 Å². The molecule has 1 rings (SSSR count). The zero-order valence-electron chi connectivity index (χ0n) is 10.4. The van der Waals surface area contributed by atoms with Gasteiger partial charge in [-0.1, -0.05) is 19.1 Å². The van der Waals surface area contributed by atoms with E-state index in [-0.39, 0.29) is 0 Å². The fourth-order valence-corrected chi connectivity index (χ4v) is 1.39. The highest BCUT2D eigenvalue weighted by molar-refractivity contribution is 5.92. The van der Waals surface area contributed by atoms with Crippen LogP contribution in [0.4, 0.5) is 0 Å². The van der Waals surface area contributed by atoms with Gasteiger partial charge in [0.25, 0.3) is 0 Å². The van der Waals surface area contributed by atoms with E-state index in [9.17, 15) is 9.90 Å². The Labute approximate surface area is 102 Å². The zero-order valence-corrected chi connectivity index (χ0v) is 10.4. The number of hydrogen-bond donors (Lipinski definition) is 3. The van der Waals surface area contributed by atoms with Gasteiger partial charge in [-0.05, 0) is 31.0 Å². The number of nitrogens with one attached hydrogen (secondary N) is 1. The van der Waals surface area contributed by atoms with Gasteiger partial charge in [-0.25, -0.2) is 0 Å². The van der Waals surface area contributed by atoms with Crippen molar-refractivity contribution in [3.05, 3.63) is 35.4 Å². The summed E-state index contributed by atoms with van der Waals surface area (Å²) in [6.07, 6.45) is 0.709. The number of nitrogens with two attached hydrogens (primary N) is 1. The molecule has 4 N–H and O–H groups in total. The van der Waals surface area contributed by atoms with Crippen LogP contribution in [0, 0.1) is 0 Å². The molecule has 94 valence electrons. The van der Waals surface area contributed by atoms with Crippen LogP contribution in [0.5, 0.6) is 0 Å². The lowest BCUT2D eigenvalue weighted by atomic mass is 10.0. The van der Waals surface area contributed by atoms with Crippen molar-refractivity contribution in [1.82, 2.24) is 5.32 Å². The highest BCUT2D eigenvalue weighted by atomic mass is 16.3. The monoisotopic (exact) mass is 236 g/mol. The molecule has 0 aliphatic carbocycles. The Morgan fingerprint density at radius 3 is 2.47 bits per heavy atom. The number of hydrogen-bond acceptors (Lipinski definition) is 3. The summed E-state index contributed by atoms with van der Waals surface area (Å²) < 4.78 is 0. The summed E-state index contributed by atoms with van der Waals surface area (Å²) in [7, 11) is 0. The summed E-state index contributed by atoms with van der Waals surface area (Å²) in [5.41, 5.74) is 6.04. The molecule has 0 spiro atoms. The Morgan fingerprint density at radius 1 is 1.41 bits per heavy atom. The van der Waals surface area contributed by atoms with Crippen LogP contribution in [0.3, 0.4) is 0 Å². The Balaban J connectivity index is 2.45. The smallest absolute Gasteiger partial charge is 0.248 e. The standard InChI is InChI=1S/C13H20N2O2/c1-3-13(2,17)9-15-8-10-4-6-11(7-5-10)12(14)16/h4-7,15,17H,3,8-9H2,1-2H3,(H2,14,16). The molecule has 1 aromatic rings. The largest absolute Gasteiger partial charge is 0.389 e. The van der Waals surface area contributed by atoms with Crippen molar-refractivity contribution in [1.29, 1.82) is 0 Å². The van der Waals surface area contributed by atoms with Gasteiger partial charge in [0.2, 0.25) is 5.91 Å². The van der Waals surface area contributed by atoms with Gasteiger partial charge in [0.1, 0.15) is 0 Å². The maximum atomic E-state index is 10.9. The first-order chi connectivity index (χ1) is 7.94. The van der Waals surface area contributed by atoms with E-state index in [1.807, 2.05) is 19.1 Å². The molecular formula is C13H20N2O2. The molecule has 0 bridgehead atoms. The molecule has 1 atom stereocenters. The maximum absolute atomic E-state index is 10.9. The molecule has 1 amide bonds. The summed E-state index contributed by atoms with van der Waals surface area (Å²) in [6.45, 7) is 4.95. The van der Waals surface area contributed by atoms with E-state index in [1.54, 1.807) is 19.1 Å². The van der Waals surface area contributed by atoms with E-state index in [2.05, 4.69) is 5.32 Å². The van der Waals surface area contributed by atoms with E-state index in [0.29, 0.717) is 25.1 Å². The Bertz CT molecular complexity index is 372. The molecule has 1 unspecified atom stereocenters. The SMILES string of the molecule is CCC(C)(O)CNCc1ccc(C(N)=O)cc1. The minimum Gasteiger partial charge on any atom is -0.389 e. The predicted octanol–water partition coefficient (Wildman–Crippen LogP) is 1.04. The molecule has 0 aliphatic heterocycles. The van der Waals surface area contributed by atoms with Crippen molar-refractivity contribution in [3.63, 3.8) is 0 Å². The first kappa shape index (κ1) is 13.7. The lowest BCUT2D eigenvalue weighted by molar-refractivity contribution is 0.0555.